The third-order valence-electron chi connectivity index (χ3n) is 3.54. The average Bonchev–Trinajstić information content (AvgIpc) is 2.89. The molecule has 0 heterocycles. The van der Waals surface area contributed by atoms with E-state index in [0.717, 1.165) is 18.5 Å². The lowest BCUT2D eigenvalue weighted by atomic mass is 10.1. The van der Waals surface area contributed by atoms with Crippen LogP contribution in [0.15, 0.2) is 36.4 Å². The summed E-state index contributed by atoms with van der Waals surface area (Å²) in [6.07, 6.45) is 3.42. The van der Waals surface area contributed by atoms with Crippen LogP contribution >= 0.6 is 23.2 Å². The Kier molecular flexibility index (Phi) is 3.68. The number of benzene rings is 2. The third-order valence-corrected chi connectivity index (χ3v) is 4.28. The molecule has 20 heavy (non-hydrogen) atoms. The standard InChI is InChI=1S/C16H13Cl2NO/c17-14-7-5-12(9-15(14)18)16(20)19-13-6-4-10-2-1-3-11(10)8-13/h4-9H,1-3H2,(H,19,20). The number of halogens is 2. The number of fused-ring (bicyclic) bond motifs is 1. The van der Waals surface area contributed by atoms with Gasteiger partial charge in [0, 0.05) is 11.3 Å². The van der Waals surface area contributed by atoms with E-state index in [2.05, 4.69) is 17.4 Å². The molecule has 0 spiro atoms. The van der Waals surface area contributed by atoms with Crippen molar-refractivity contribution in [2.45, 2.75) is 19.3 Å². The molecule has 2 aromatic carbocycles. The van der Waals surface area contributed by atoms with Crippen LogP contribution in [0.25, 0.3) is 0 Å². The van der Waals surface area contributed by atoms with Gasteiger partial charge in [0.1, 0.15) is 0 Å². The second-order valence-electron chi connectivity index (χ2n) is 4.92. The number of carbonyl (C=O) groups excluding carboxylic acids is 1. The van der Waals surface area contributed by atoms with Gasteiger partial charge in [-0.25, -0.2) is 0 Å². The summed E-state index contributed by atoms with van der Waals surface area (Å²) in [6.45, 7) is 0. The van der Waals surface area contributed by atoms with E-state index in [9.17, 15) is 4.79 Å². The van der Waals surface area contributed by atoms with Gasteiger partial charge in [-0.05, 0) is 60.7 Å². The lowest BCUT2D eigenvalue weighted by molar-refractivity contribution is 0.102. The fourth-order valence-electron chi connectivity index (χ4n) is 2.49. The lowest BCUT2D eigenvalue weighted by Crippen LogP contribution is -2.12. The fraction of sp³-hybridized carbons (Fsp3) is 0.188. The zero-order chi connectivity index (χ0) is 14.1. The zero-order valence-corrected chi connectivity index (χ0v) is 12.3. The predicted octanol–water partition coefficient (Wildman–Crippen LogP) is 4.73. The highest BCUT2D eigenvalue weighted by atomic mass is 35.5. The molecule has 4 heteroatoms. The molecule has 102 valence electrons. The molecule has 0 radical (unpaired) electrons. The number of carbonyl (C=O) groups is 1. The Hall–Kier alpha value is -1.51. The van der Waals surface area contributed by atoms with Gasteiger partial charge < -0.3 is 5.32 Å². The molecule has 3 rings (SSSR count). The van der Waals surface area contributed by atoms with Crippen molar-refractivity contribution < 1.29 is 4.79 Å². The van der Waals surface area contributed by atoms with Gasteiger partial charge in [-0.3, -0.25) is 4.79 Å². The van der Waals surface area contributed by atoms with Crippen molar-refractivity contribution in [2.75, 3.05) is 5.32 Å². The van der Waals surface area contributed by atoms with Crippen molar-refractivity contribution in [2.24, 2.45) is 0 Å². The van der Waals surface area contributed by atoms with Crippen LogP contribution in [0.1, 0.15) is 27.9 Å². The maximum atomic E-state index is 12.2. The van der Waals surface area contributed by atoms with Crippen molar-refractivity contribution >= 4 is 34.8 Å². The minimum Gasteiger partial charge on any atom is -0.322 e. The summed E-state index contributed by atoms with van der Waals surface area (Å²) in [5.41, 5.74) is 4.04. The first-order chi connectivity index (χ1) is 9.63. The van der Waals surface area contributed by atoms with Crippen molar-refractivity contribution in [1.29, 1.82) is 0 Å². The molecule has 2 aromatic rings. The van der Waals surface area contributed by atoms with Crippen LogP contribution in [-0.4, -0.2) is 5.91 Å². The van der Waals surface area contributed by atoms with Crippen molar-refractivity contribution in [3.63, 3.8) is 0 Å². The summed E-state index contributed by atoms with van der Waals surface area (Å²) in [5.74, 6) is -0.179. The van der Waals surface area contributed by atoms with E-state index in [0.29, 0.717) is 15.6 Å². The van der Waals surface area contributed by atoms with Crippen LogP contribution in [0.2, 0.25) is 10.0 Å². The second-order valence-corrected chi connectivity index (χ2v) is 5.73. The summed E-state index contributed by atoms with van der Waals surface area (Å²) >= 11 is 11.8. The number of hydrogen-bond acceptors (Lipinski definition) is 1. The molecule has 0 aliphatic heterocycles. The lowest BCUT2D eigenvalue weighted by Gasteiger charge is -2.08. The van der Waals surface area contributed by atoms with Gasteiger partial charge in [-0.1, -0.05) is 29.3 Å². The number of amides is 1. The van der Waals surface area contributed by atoms with Crippen LogP contribution in [-0.2, 0) is 12.8 Å². The van der Waals surface area contributed by atoms with Gasteiger partial charge in [0.15, 0.2) is 0 Å². The van der Waals surface area contributed by atoms with Crippen molar-refractivity contribution in [1.82, 2.24) is 0 Å². The molecule has 0 saturated heterocycles. The van der Waals surface area contributed by atoms with Crippen molar-refractivity contribution in [3.05, 3.63) is 63.1 Å². The third kappa shape index (κ3) is 2.67. The smallest absolute Gasteiger partial charge is 0.255 e. The molecule has 1 N–H and O–H groups in total. The quantitative estimate of drug-likeness (QED) is 0.853. The first-order valence-corrected chi connectivity index (χ1v) is 7.27. The Labute approximate surface area is 127 Å². The normalized spacial score (nSPS) is 13.1. The van der Waals surface area contributed by atoms with E-state index < -0.39 is 0 Å². The predicted molar refractivity (Wildman–Crippen MR) is 82.9 cm³/mol. The average molecular weight is 306 g/mol. The molecular formula is C16H13Cl2NO. The Morgan fingerprint density at radius 2 is 1.75 bits per heavy atom. The number of hydrogen-bond donors (Lipinski definition) is 1. The first-order valence-electron chi connectivity index (χ1n) is 6.52. The molecule has 0 aromatic heterocycles. The Morgan fingerprint density at radius 1 is 0.950 bits per heavy atom. The largest absolute Gasteiger partial charge is 0.322 e. The van der Waals surface area contributed by atoms with E-state index >= 15 is 0 Å². The number of anilines is 1. The summed E-state index contributed by atoms with van der Waals surface area (Å²) in [7, 11) is 0. The summed E-state index contributed by atoms with van der Waals surface area (Å²) < 4.78 is 0. The van der Waals surface area contributed by atoms with E-state index in [4.69, 9.17) is 23.2 Å². The molecule has 0 atom stereocenters. The molecule has 2 nitrogen and oxygen atoms in total. The van der Waals surface area contributed by atoms with Gasteiger partial charge in [-0.2, -0.15) is 0 Å². The Balaban J connectivity index is 1.80. The molecule has 1 amide bonds. The Bertz CT molecular complexity index is 682. The van der Waals surface area contributed by atoms with E-state index in [1.165, 1.54) is 17.5 Å². The monoisotopic (exact) mass is 305 g/mol. The topological polar surface area (TPSA) is 29.1 Å². The van der Waals surface area contributed by atoms with Crippen LogP contribution in [0.5, 0.6) is 0 Å². The van der Waals surface area contributed by atoms with Gasteiger partial charge in [0.2, 0.25) is 0 Å². The highest BCUT2D eigenvalue weighted by Gasteiger charge is 2.13. The first kappa shape index (κ1) is 13.5. The zero-order valence-electron chi connectivity index (χ0n) is 10.7. The molecule has 1 aliphatic carbocycles. The van der Waals surface area contributed by atoms with E-state index in [-0.39, 0.29) is 5.91 Å². The minimum atomic E-state index is -0.179. The van der Waals surface area contributed by atoms with Crippen LogP contribution in [0, 0.1) is 0 Å². The maximum Gasteiger partial charge on any atom is 0.255 e. The van der Waals surface area contributed by atoms with Gasteiger partial charge in [-0.15, -0.1) is 0 Å². The van der Waals surface area contributed by atoms with Crippen LogP contribution in [0.4, 0.5) is 5.69 Å². The Morgan fingerprint density at radius 3 is 2.55 bits per heavy atom. The number of nitrogens with one attached hydrogen (secondary N) is 1. The molecule has 0 fully saturated rings. The van der Waals surface area contributed by atoms with Crippen LogP contribution < -0.4 is 5.32 Å². The molecule has 0 unspecified atom stereocenters. The van der Waals surface area contributed by atoms with Crippen molar-refractivity contribution in [3.8, 4) is 0 Å². The molecule has 0 saturated carbocycles. The van der Waals surface area contributed by atoms with Gasteiger partial charge >= 0.3 is 0 Å². The van der Waals surface area contributed by atoms with Gasteiger partial charge in [0.25, 0.3) is 5.91 Å². The summed E-state index contributed by atoms with van der Waals surface area (Å²) in [4.78, 5) is 12.2. The SMILES string of the molecule is O=C(Nc1ccc2c(c1)CCC2)c1ccc(Cl)c(Cl)c1. The second kappa shape index (κ2) is 5.47. The van der Waals surface area contributed by atoms with E-state index in [1.807, 2.05) is 6.07 Å². The molecule has 0 bridgehead atoms. The minimum absolute atomic E-state index is 0.179. The fourth-order valence-corrected chi connectivity index (χ4v) is 2.79. The molecule has 1 aliphatic rings. The number of aryl methyl sites for hydroxylation is 2. The number of rotatable bonds is 2. The van der Waals surface area contributed by atoms with Gasteiger partial charge in [0.05, 0.1) is 10.0 Å². The summed E-state index contributed by atoms with van der Waals surface area (Å²) in [6, 6.07) is 11.0. The highest BCUT2D eigenvalue weighted by molar-refractivity contribution is 6.42. The van der Waals surface area contributed by atoms with E-state index in [1.54, 1.807) is 18.2 Å². The molecular weight excluding hydrogens is 293 g/mol. The van der Waals surface area contributed by atoms with Crippen LogP contribution in [0.3, 0.4) is 0 Å². The highest BCUT2D eigenvalue weighted by Crippen LogP contribution is 2.26. The summed E-state index contributed by atoms with van der Waals surface area (Å²) in [5, 5.41) is 3.72. The maximum absolute atomic E-state index is 12.2.